The minimum Gasteiger partial charge on any atom is -0.390 e. The molecule has 1 unspecified atom stereocenters. The molecule has 0 bridgehead atoms. The standard InChI is InChI=1S/C12H27NO3S/c1-4-9-13-10-8-12(3,14)7-6-11-17(15,16)5-2/h13-14H,4-11H2,1-3H3. The summed E-state index contributed by atoms with van der Waals surface area (Å²) in [6.07, 6.45) is 2.83. The number of aliphatic hydroxyl groups is 1. The van der Waals surface area contributed by atoms with Crippen LogP contribution in [0.4, 0.5) is 0 Å². The van der Waals surface area contributed by atoms with Gasteiger partial charge in [-0.15, -0.1) is 0 Å². The lowest BCUT2D eigenvalue weighted by Gasteiger charge is -2.23. The summed E-state index contributed by atoms with van der Waals surface area (Å²) >= 11 is 0. The number of hydrogen-bond acceptors (Lipinski definition) is 4. The van der Waals surface area contributed by atoms with Crippen LogP contribution >= 0.6 is 0 Å². The number of nitrogens with one attached hydrogen (secondary N) is 1. The van der Waals surface area contributed by atoms with Crippen LogP contribution < -0.4 is 5.32 Å². The average molecular weight is 265 g/mol. The molecule has 0 spiro atoms. The van der Waals surface area contributed by atoms with E-state index in [0.717, 1.165) is 19.5 Å². The first-order chi connectivity index (χ1) is 7.83. The van der Waals surface area contributed by atoms with Gasteiger partial charge in [0, 0.05) is 5.75 Å². The molecule has 5 heteroatoms. The topological polar surface area (TPSA) is 66.4 Å². The lowest BCUT2D eigenvalue weighted by atomic mass is 9.97. The van der Waals surface area contributed by atoms with E-state index in [1.54, 1.807) is 13.8 Å². The van der Waals surface area contributed by atoms with Crippen molar-refractivity contribution in [1.29, 1.82) is 0 Å². The Bertz CT molecular complexity index is 286. The molecule has 0 saturated heterocycles. The molecule has 2 N–H and O–H groups in total. The van der Waals surface area contributed by atoms with Crippen LogP contribution in [0.5, 0.6) is 0 Å². The molecule has 0 fully saturated rings. The van der Waals surface area contributed by atoms with E-state index in [0.29, 0.717) is 19.3 Å². The van der Waals surface area contributed by atoms with Gasteiger partial charge < -0.3 is 10.4 Å². The Morgan fingerprint density at radius 1 is 1.18 bits per heavy atom. The van der Waals surface area contributed by atoms with Crippen LogP contribution in [0.1, 0.15) is 46.5 Å². The Balaban J connectivity index is 3.78. The molecule has 0 aromatic carbocycles. The molecule has 104 valence electrons. The van der Waals surface area contributed by atoms with Gasteiger partial charge in [0.15, 0.2) is 0 Å². The molecule has 0 heterocycles. The maximum atomic E-state index is 11.3. The fourth-order valence-corrected chi connectivity index (χ4v) is 2.47. The molecule has 0 radical (unpaired) electrons. The largest absolute Gasteiger partial charge is 0.390 e. The van der Waals surface area contributed by atoms with Crippen LogP contribution in [0.3, 0.4) is 0 Å². The van der Waals surface area contributed by atoms with Gasteiger partial charge in [0.1, 0.15) is 9.84 Å². The van der Waals surface area contributed by atoms with E-state index in [2.05, 4.69) is 12.2 Å². The van der Waals surface area contributed by atoms with Crippen molar-refractivity contribution >= 4 is 9.84 Å². The third kappa shape index (κ3) is 9.56. The van der Waals surface area contributed by atoms with Crippen molar-refractivity contribution in [2.75, 3.05) is 24.6 Å². The zero-order valence-corrected chi connectivity index (χ0v) is 12.1. The summed E-state index contributed by atoms with van der Waals surface area (Å²) < 4.78 is 22.6. The van der Waals surface area contributed by atoms with Crippen molar-refractivity contribution in [3.8, 4) is 0 Å². The monoisotopic (exact) mass is 265 g/mol. The van der Waals surface area contributed by atoms with Gasteiger partial charge in [-0.05, 0) is 45.7 Å². The van der Waals surface area contributed by atoms with Crippen molar-refractivity contribution in [3.05, 3.63) is 0 Å². The Morgan fingerprint density at radius 2 is 1.82 bits per heavy atom. The van der Waals surface area contributed by atoms with Gasteiger partial charge in [-0.25, -0.2) is 8.42 Å². The van der Waals surface area contributed by atoms with Gasteiger partial charge in [-0.2, -0.15) is 0 Å². The predicted molar refractivity (Wildman–Crippen MR) is 72.0 cm³/mol. The van der Waals surface area contributed by atoms with E-state index in [1.807, 2.05) is 0 Å². The van der Waals surface area contributed by atoms with Crippen LogP contribution in [-0.2, 0) is 9.84 Å². The van der Waals surface area contributed by atoms with Gasteiger partial charge >= 0.3 is 0 Å². The van der Waals surface area contributed by atoms with Crippen LogP contribution in [0, 0.1) is 0 Å². The second-order valence-corrected chi connectivity index (χ2v) is 7.31. The van der Waals surface area contributed by atoms with Crippen LogP contribution in [0.2, 0.25) is 0 Å². The Kier molecular flexibility index (Phi) is 8.00. The Labute approximate surface area is 106 Å². The molecule has 0 rings (SSSR count). The lowest BCUT2D eigenvalue weighted by Crippen LogP contribution is -2.30. The molecule has 0 aliphatic heterocycles. The summed E-state index contributed by atoms with van der Waals surface area (Å²) in [5.41, 5.74) is -0.760. The highest BCUT2D eigenvalue weighted by Gasteiger charge is 2.20. The van der Waals surface area contributed by atoms with Gasteiger partial charge in [0.2, 0.25) is 0 Å². The second-order valence-electron chi connectivity index (χ2n) is 4.84. The molecule has 0 aromatic heterocycles. The maximum absolute atomic E-state index is 11.3. The van der Waals surface area contributed by atoms with Crippen molar-refractivity contribution < 1.29 is 13.5 Å². The van der Waals surface area contributed by atoms with E-state index in [4.69, 9.17) is 0 Å². The molecule has 4 nitrogen and oxygen atoms in total. The van der Waals surface area contributed by atoms with Crippen molar-refractivity contribution in [2.45, 2.75) is 52.1 Å². The summed E-state index contributed by atoms with van der Waals surface area (Å²) in [5.74, 6) is 0.370. The van der Waals surface area contributed by atoms with Gasteiger partial charge in [0.25, 0.3) is 0 Å². The average Bonchev–Trinajstić information content (AvgIpc) is 2.24. The normalized spacial score (nSPS) is 15.8. The van der Waals surface area contributed by atoms with Crippen molar-refractivity contribution in [1.82, 2.24) is 5.32 Å². The summed E-state index contributed by atoms with van der Waals surface area (Å²) in [6, 6.07) is 0. The zero-order valence-electron chi connectivity index (χ0n) is 11.3. The molecular weight excluding hydrogens is 238 g/mol. The van der Waals surface area contributed by atoms with E-state index < -0.39 is 15.4 Å². The summed E-state index contributed by atoms with van der Waals surface area (Å²) in [6.45, 7) is 7.27. The molecule has 0 amide bonds. The van der Waals surface area contributed by atoms with E-state index in [-0.39, 0.29) is 11.5 Å². The van der Waals surface area contributed by atoms with Crippen LogP contribution in [-0.4, -0.2) is 43.7 Å². The zero-order chi connectivity index (χ0) is 13.4. The number of rotatable bonds is 10. The first-order valence-corrected chi connectivity index (χ1v) is 8.28. The molecule has 0 aliphatic carbocycles. The third-order valence-corrected chi connectivity index (χ3v) is 4.67. The molecular formula is C12H27NO3S. The fourth-order valence-electron chi connectivity index (χ4n) is 1.60. The van der Waals surface area contributed by atoms with Crippen LogP contribution in [0.25, 0.3) is 0 Å². The maximum Gasteiger partial charge on any atom is 0.150 e. The molecule has 0 aliphatic rings. The summed E-state index contributed by atoms with van der Waals surface area (Å²) in [5, 5.41) is 13.3. The van der Waals surface area contributed by atoms with E-state index >= 15 is 0 Å². The lowest BCUT2D eigenvalue weighted by molar-refractivity contribution is 0.0418. The smallest absolute Gasteiger partial charge is 0.150 e. The van der Waals surface area contributed by atoms with Gasteiger partial charge in [-0.3, -0.25) is 0 Å². The van der Waals surface area contributed by atoms with Crippen molar-refractivity contribution in [2.24, 2.45) is 0 Å². The van der Waals surface area contributed by atoms with Gasteiger partial charge in [0.05, 0.1) is 11.4 Å². The quantitative estimate of drug-likeness (QED) is 0.585. The predicted octanol–water partition coefficient (Wildman–Crippen LogP) is 1.34. The second kappa shape index (κ2) is 8.06. The van der Waals surface area contributed by atoms with Crippen molar-refractivity contribution in [3.63, 3.8) is 0 Å². The first-order valence-electron chi connectivity index (χ1n) is 6.46. The molecule has 0 aromatic rings. The molecule has 0 saturated carbocycles. The Morgan fingerprint density at radius 3 is 2.35 bits per heavy atom. The molecule has 17 heavy (non-hydrogen) atoms. The number of sulfone groups is 1. The first kappa shape index (κ1) is 16.9. The fraction of sp³-hybridized carbons (Fsp3) is 1.00. The summed E-state index contributed by atoms with van der Waals surface area (Å²) in [4.78, 5) is 0. The minimum atomic E-state index is -2.90. The SMILES string of the molecule is CCCNCCC(C)(O)CCCS(=O)(=O)CC. The van der Waals surface area contributed by atoms with E-state index in [1.165, 1.54) is 0 Å². The summed E-state index contributed by atoms with van der Waals surface area (Å²) in [7, 11) is -2.90. The highest BCUT2D eigenvalue weighted by Crippen LogP contribution is 2.16. The Hall–Kier alpha value is -0.130. The minimum absolute atomic E-state index is 0.183. The van der Waals surface area contributed by atoms with E-state index in [9.17, 15) is 13.5 Å². The third-order valence-electron chi connectivity index (χ3n) is 2.88. The highest BCUT2D eigenvalue weighted by molar-refractivity contribution is 7.91. The molecule has 1 atom stereocenters. The van der Waals surface area contributed by atoms with Gasteiger partial charge in [-0.1, -0.05) is 13.8 Å². The number of hydrogen-bond donors (Lipinski definition) is 2. The highest BCUT2D eigenvalue weighted by atomic mass is 32.2. The van der Waals surface area contributed by atoms with Crippen LogP contribution in [0.15, 0.2) is 0 Å².